The summed E-state index contributed by atoms with van der Waals surface area (Å²) in [6.45, 7) is 7.17. The molecular weight excluding hydrogens is 228 g/mol. The van der Waals surface area contributed by atoms with Gasteiger partial charge >= 0.3 is 0 Å². The molecule has 1 heterocycles. The highest BCUT2D eigenvalue weighted by atomic mass is 16.1. The van der Waals surface area contributed by atoms with Crippen LogP contribution in [0.2, 0.25) is 0 Å². The van der Waals surface area contributed by atoms with Gasteiger partial charge in [0.25, 0.3) is 0 Å². The predicted octanol–water partition coefficient (Wildman–Crippen LogP) is 1.12. The van der Waals surface area contributed by atoms with E-state index in [-0.39, 0.29) is 5.91 Å². The highest BCUT2D eigenvalue weighted by Gasteiger charge is 2.08. The van der Waals surface area contributed by atoms with Gasteiger partial charge in [-0.1, -0.05) is 13.8 Å². The molecule has 0 aliphatic heterocycles. The zero-order valence-corrected chi connectivity index (χ0v) is 11.8. The first-order chi connectivity index (χ1) is 8.56. The van der Waals surface area contributed by atoms with Crippen molar-refractivity contribution in [2.24, 2.45) is 7.05 Å². The Hall–Kier alpha value is -1.36. The maximum Gasteiger partial charge on any atom is 0.234 e. The van der Waals surface area contributed by atoms with Crippen LogP contribution in [0.3, 0.4) is 0 Å². The molecule has 0 bridgehead atoms. The molecule has 0 spiro atoms. The number of nitrogens with one attached hydrogen (secondary N) is 2. The van der Waals surface area contributed by atoms with E-state index in [4.69, 9.17) is 0 Å². The Balaban J connectivity index is 2.29. The van der Waals surface area contributed by atoms with E-state index in [0.717, 1.165) is 24.1 Å². The molecule has 0 saturated heterocycles. The fourth-order valence-electron chi connectivity index (χ4n) is 1.90. The smallest absolute Gasteiger partial charge is 0.234 e. The third kappa shape index (κ3) is 4.49. The number of hydrogen-bond donors (Lipinski definition) is 2. The van der Waals surface area contributed by atoms with Crippen LogP contribution < -0.4 is 10.6 Å². The number of amides is 1. The van der Waals surface area contributed by atoms with Crippen molar-refractivity contribution in [1.29, 1.82) is 0 Å². The molecule has 0 radical (unpaired) electrons. The van der Waals surface area contributed by atoms with Gasteiger partial charge in [-0.3, -0.25) is 9.48 Å². The van der Waals surface area contributed by atoms with Crippen LogP contribution in [-0.4, -0.2) is 28.3 Å². The molecule has 0 saturated carbocycles. The van der Waals surface area contributed by atoms with Crippen molar-refractivity contribution < 1.29 is 4.79 Å². The molecule has 18 heavy (non-hydrogen) atoms. The lowest BCUT2D eigenvalue weighted by Gasteiger charge is -2.14. The van der Waals surface area contributed by atoms with E-state index < -0.39 is 0 Å². The van der Waals surface area contributed by atoms with Gasteiger partial charge in [-0.15, -0.1) is 0 Å². The molecule has 0 unspecified atom stereocenters. The van der Waals surface area contributed by atoms with Crippen molar-refractivity contribution in [3.05, 3.63) is 17.5 Å². The minimum Gasteiger partial charge on any atom is -0.352 e. The Morgan fingerprint density at radius 3 is 2.61 bits per heavy atom. The fraction of sp³-hybridized carbons (Fsp3) is 0.692. The van der Waals surface area contributed by atoms with Crippen LogP contribution in [0.15, 0.2) is 6.20 Å². The second-order valence-electron chi connectivity index (χ2n) is 4.60. The van der Waals surface area contributed by atoms with Gasteiger partial charge in [0, 0.05) is 31.4 Å². The molecule has 5 nitrogen and oxygen atoms in total. The normalized spacial score (nSPS) is 10.9. The van der Waals surface area contributed by atoms with Crippen LogP contribution in [-0.2, 0) is 18.4 Å². The lowest BCUT2D eigenvalue weighted by molar-refractivity contribution is -0.121. The van der Waals surface area contributed by atoms with E-state index in [1.165, 1.54) is 0 Å². The van der Waals surface area contributed by atoms with Gasteiger partial charge in [-0.25, -0.2) is 0 Å². The van der Waals surface area contributed by atoms with E-state index in [0.29, 0.717) is 19.1 Å². The quantitative estimate of drug-likeness (QED) is 0.764. The highest BCUT2D eigenvalue weighted by Crippen LogP contribution is 2.03. The van der Waals surface area contributed by atoms with Crippen molar-refractivity contribution in [3.63, 3.8) is 0 Å². The molecule has 0 aliphatic carbocycles. The van der Waals surface area contributed by atoms with Crippen molar-refractivity contribution >= 4 is 5.91 Å². The van der Waals surface area contributed by atoms with Crippen molar-refractivity contribution in [3.8, 4) is 0 Å². The summed E-state index contributed by atoms with van der Waals surface area (Å²) in [6, 6.07) is 0.291. The summed E-state index contributed by atoms with van der Waals surface area (Å²) in [4.78, 5) is 11.7. The van der Waals surface area contributed by atoms with Gasteiger partial charge in [-0.05, 0) is 19.8 Å². The number of nitrogens with zero attached hydrogens (tertiary/aromatic N) is 2. The molecule has 0 atom stereocenters. The summed E-state index contributed by atoms with van der Waals surface area (Å²) >= 11 is 0. The lowest BCUT2D eigenvalue weighted by atomic mass is 10.2. The number of carbonyl (C=O) groups is 1. The monoisotopic (exact) mass is 252 g/mol. The van der Waals surface area contributed by atoms with Crippen molar-refractivity contribution in [1.82, 2.24) is 20.4 Å². The molecule has 5 heteroatoms. The number of hydrogen-bond acceptors (Lipinski definition) is 3. The zero-order chi connectivity index (χ0) is 13.5. The van der Waals surface area contributed by atoms with Crippen molar-refractivity contribution in [2.75, 3.05) is 6.54 Å². The van der Waals surface area contributed by atoms with E-state index in [9.17, 15) is 4.79 Å². The summed E-state index contributed by atoms with van der Waals surface area (Å²) in [5.41, 5.74) is 2.14. The average Bonchev–Trinajstić information content (AvgIpc) is 2.65. The van der Waals surface area contributed by atoms with Gasteiger partial charge < -0.3 is 10.6 Å². The van der Waals surface area contributed by atoms with Gasteiger partial charge in [0.2, 0.25) is 5.91 Å². The largest absolute Gasteiger partial charge is 0.352 e. The van der Waals surface area contributed by atoms with Crippen LogP contribution in [0.4, 0.5) is 0 Å². The molecule has 0 aromatic carbocycles. The van der Waals surface area contributed by atoms with Crippen molar-refractivity contribution in [2.45, 2.75) is 46.2 Å². The van der Waals surface area contributed by atoms with Gasteiger partial charge in [0.1, 0.15) is 0 Å². The summed E-state index contributed by atoms with van der Waals surface area (Å²) in [6.07, 6.45) is 3.93. The van der Waals surface area contributed by atoms with Crippen LogP contribution in [0.1, 0.15) is 37.9 Å². The third-order valence-corrected chi connectivity index (χ3v) is 3.07. The number of aryl methyl sites for hydroxylation is 2. The van der Waals surface area contributed by atoms with Crippen LogP contribution >= 0.6 is 0 Å². The second-order valence-corrected chi connectivity index (χ2v) is 4.60. The van der Waals surface area contributed by atoms with Gasteiger partial charge in [-0.2, -0.15) is 5.10 Å². The predicted molar refractivity (Wildman–Crippen MR) is 72.2 cm³/mol. The zero-order valence-electron chi connectivity index (χ0n) is 11.8. The second kappa shape index (κ2) is 7.16. The van der Waals surface area contributed by atoms with Crippen LogP contribution in [0.25, 0.3) is 0 Å². The Bertz CT molecular complexity index is 382. The Morgan fingerprint density at radius 1 is 1.44 bits per heavy atom. The SMILES string of the molecule is CCC(CC)NC(=O)CNCc1cn(C)nc1C. The Labute approximate surface area is 109 Å². The molecule has 102 valence electrons. The average molecular weight is 252 g/mol. The molecular formula is C13H24N4O. The van der Waals surface area contributed by atoms with Crippen LogP contribution in [0.5, 0.6) is 0 Å². The Morgan fingerprint density at radius 2 is 2.11 bits per heavy atom. The first-order valence-electron chi connectivity index (χ1n) is 6.56. The number of aromatic nitrogens is 2. The van der Waals surface area contributed by atoms with E-state index in [2.05, 4.69) is 29.6 Å². The molecule has 1 rings (SSSR count). The lowest BCUT2D eigenvalue weighted by Crippen LogP contribution is -2.39. The molecule has 2 N–H and O–H groups in total. The molecule has 0 fully saturated rings. The van der Waals surface area contributed by atoms with E-state index in [1.807, 2.05) is 20.2 Å². The summed E-state index contributed by atoms with van der Waals surface area (Å²) < 4.78 is 1.79. The summed E-state index contributed by atoms with van der Waals surface area (Å²) in [7, 11) is 1.90. The molecule has 1 aromatic rings. The topological polar surface area (TPSA) is 59.0 Å². The molecule has 0 aliphatic rings. The van der Waals surface area contributed by atoms with E-state index in [1.54, 1.807) is 4.68 Å². The number of rotatable bonds is 7. The Kier molecular flexibility index (Phi) is 5.85. The third-order valence-electron chi connectivity index (χ3n) is 3.07. The summed E-state index contributed by atoms with van der Waals surface area (Å²) in [5, 5.41) is 10.4. The van der Waals surface area contributed by atoms with Gasteiger partial charge in [0.15, 0.2) is 0 Å². The number of carbonyl (C=O) groups excluding carboxylic acids is 1. The minimum atomic E-state index is 0.0604. The first kappa shape index (κ1) is 14.7. The standard InChI is InChI=1S/C13H24N4O/c1-5-12(6-2)15-13(18)8-14-7-11-9-17(4)16-10(11)3/h9,12,14H,5-8H2,1-4H3,(H,15,18). The maximum absolute atomic E-state index is 11.7. The first-order valence-corrected chi connectivity index (χ1v) is 6.56. The summed E-state index contributed by atoms with van der Waals surface area (Å²) in [5.74, 6) is 0.0604. The minimum absolute atomic E-state index is 0.0604. The highest BCUT2D eigenvalue weighted by molar-refractivity contribution is 5.78. The maximum atomic E-state index is 11.7. The molecule has 1 amide bonds. The van der Waals surface area contributed by atoms with Gasteiger partial charge in [0.05, 0.1) is 12.2 Å². The van der Waals surface area contributed by atoms with Crippen LogP contribution in [0, 0.1) is 6.92 Å². The fourth-order valence-corrected chi connectivity index (χ4v) is 1.90. The molecule has 1 aromatic heterocycles. The van der Waals surface area contributed by atoms with E-state index >= 15 is 0 Å².